The zero-order valence-corrected chi connectivity index (χ0v) is 12.2. The van der Waals surface area contributed by atoms with Crippen molar-refractivity contribution in [1.29, 1.82) is 0 Å². The van der Waals surface area contributed by atoms with Crippen molar-refractivity contribution in [2.75, 3.05) is 0 Å². The summed E-state index contributed by atoms with van der Waals surface area (Å²) in [6.07, 6.45) is 1.15. The fourth-order valence-electron chi connectivity index (χ4n) is 1.90. The molecule has 0 spiro atoms. The van der Waals surface area contributed by atoms with Crippen LogP contribution < -0.4 is 4.74 Å². The molecule has 0 bridgehead atoms. The summed E-state index contributed by atoms with van der Waals surface area (Å²) in [7, 11) is 0. The van der Waals surface area contributed by atoms with Gasteiger partial charge in [0, 0.05) is 10.6 Å². The van der Waals surface area contributed by atoms with E-state index in [0.29, 0.717) is 12.5 Å². The summed E-state index contributed by atoms with van der Waals surface area (Å²) in [6.45, 7) is 4.94. The molecule has 0 fully saturated rings. The van der Waals surface area contributed by atoms with E-state index < -0.39 is 0 Å². The molecule has 2 rings (SSSR count). The van der Waals surface area contributed by atoms with Crippen LogP contribution in [0.3, 0.4) is 0 Å². The Morgan fingerprint density at radius 1 is 1.05 bits per heavy atom. The number of rotatable bonds is 5. The van der Waals surface area contributed by atoms with Gasteiger partial charge in [0.2, 0.25) is 0 Å². The lowest BCUT2D eigenvalue weighted by molar-refractivity contribution is 0.306. The van der Waals surface area contributed by atoms with Crippen LogP contribution in [0, 0.1) is 0 Å². The third-order valence-electron chi connectivity index (χ3n) is 3.41. The van der Waals surface area contributed by atoms with Crippen molar-refractivity contribution in [3.63, 3.8) is 0 Å². The van der Waals surface area contributed by atoms with Crippen molar-refractivity contribution in [3.05, 3.63) is 64.7 Å². The summed E-state index contributed by atoms with van der Waals surface area (Å²) in [6, 6.07) is 16.1. The van der Waals surface area contributed by atoms with E-state index in [9.17, 15) is 0 Å². The largest absolute Gasteiger partial charge is 0.489 e. The highest BCUT2D eigenvalue weighted by Gasteiger charge is 2.04. The molecule has 1 atom stereocenters. The highest BCUT2D eigenvalue weighted by molar-refractivity contribution is 6.31. The summed E-state index contributed by atoms with van der Waals surface area (Å²) in [5, 5.41) is 0.749. The van der Waals surface area contributed by atoms with Gasteiger partial charge in [0.05, 0.1) is 0 Å². The minimum Gasteiger partial charge on any atom is -0.489 e. The Hall–Kier alpha value is -1.47. The zero-order chi connectivity index (χ0) is 13.7. The van der Waals surface area contributed by atoms with Gasteiger partial charge in [-0.1, -0.05) is 55.8 Å². The molecule has 0 radical (unpaired) electrons. The van der Waals surface area contributed by atoms with Crippen LogP contribution in [0.1, 0.15) is 37.3 Å². The zero-order valence-electron chi connectivity index (χ0n) is 11.4. The molecule has 0 aliphatic carbocycles. The Kier molecular flexibility index (Phi) is 4.86. The van der Waals surface area contributed by atoms with Crippen LogP contribution in [0.2, 0.25) is 5.02 Å². The van der Waals surface area contributed by atoms with E-state index in [0.717, 1.165) is 22.8 Å². The molecule has 1 unspecified atom stereocenters. The van der Waals surface area contributed by atoms with E-state index in [1.165, 1.54) is 5.56 Å². The van der Waals surface area contributed by atoms with Crippen molar-refractivity contribution in [3.8, 4) is 5.75 Å². The van der Waals surface area contributed by atoms with Crippen LogP contribution in [0.4, 0.5) is 0 Å². The Bertz CT molecular complexity index is 519. The van der Waals surface area contributed by atoms with Crippen LogP contribution in [0.15, 0.2) is 48.5 Å². The van der Waals surface area contributed by atoms with Gasteiger partial charge in [0.1, 0.15) is 12.4 Å². The minimum atomic E-state index is 0.502. The molecule has 0 heterocycles. The van der Waals surface area contributed by atoms with Gasteiger partial charge in [-0.25, -0.2) is 0 Å². The number of hydrogen-bond acceptors (Lipinski definition) is 1. The Morgan fingerprint density at radius 3 is 2.37 bits per heavy atom. The van der Waals surface area contributed by atoms with Crippen LogP contribution >= 0.6 is 11.6 Å². The number of benzene rings is 2. The van der Waals surface area contributed by atoms with E-state index >= 15 is 0 Å². The van der Waals surface area contributed by atoms with Crippen molar-refractivity contribution in [2.45, 2.75) is 32.8 Å². The molecule has 0 saturated carbocycles. The highest BCUT2D eigenvalue weighted by atomic mass is 35.5. The SMILES string of the molecule is CCC(C)c1ccc(OCc2ccccc2Cl)cc1. The fraction of sp³-hybridized carbons (Fsp3) is 0.294. The van der Waals surface area contributed by atoms with Crippen molar-refractivity contribution >= 4 is 11.6 Å². The third kappa shape index (κ3) is 3.74. The summed E-state index contributed by atoms with van der Waals surface area (Å²) >= 11 is 6.10. The monoisotopic (exact) mass is 274 g/mol. The molecule has 1 nitrogen and oxygen atoms in total. The van der Waals surface area contributed by atoms with Crippen molar-refractivity contribution in [2.24, 2.45) is 0 Å². The summed E-state index contributed by atoms with van der Waals surface area (Å²) in [5.41, 5.74) is 2.36. The minimum absolute atomic E-state index is 0.502. The van der Waals surface area contributed by atoms with Gasteiger partial charge >= 0.3 is 0 Å². The van der Waals surface area contributed by atoms with E-state index in [1.54, 1.807) is 0 Å². The molecule has 2 aromatic carbocycles. The first-order chi connectivity index (χ1) is 9.20. The number of ether oxygens (including phenoxy) is 1. The summed E-state index contributed by atoms with van der Waals surface area (Å²) in [4.78, 5) is 0. The van der Waals surface area contributed by atoms with E-state index in [4.69, 9.17) is 16.3 Å². The van der Waals surface area contributed by atoms with Crippen LogP contribution in [0.25, 0.3) is 0 Å². The Morgan fingerprint density at radius 2 is 1.74 bits per heavy atom. The molecular weight excluding hydrogens is 256 g/mol. The van der Waals surface area contributed by atoms with Crippen LogP contribution in [-0.2, 0) is 6.61 Å². The molecule has 100 valence electrons. The van der Waals surface area contributed by atoms with Gasteiger partial charge in [-0.15, -0.1) is 0 Å². The first kappa shape index (κ1) is 14.0. The second kappa shape index (κ2) is 6.63. The van der Waals surface area contributed by atoms with E-state index in [1.807, 2.05) is 36.4 Å². The summed E-state index contributed by atoms with van der Waals surface area (Å²) < 4.78 is 5.76. The molecular formula is C17H19ClO. The third-order valence-corrected chi connectivity index (χ3v) is 3.78. The van der Waals surface area contributed by atoms with Crippen molar-refractivity contribution in [1.82, 2.24) is 0 Å². The maximum atomic E-state index is 6.10. The molecule has 19 heavy (non-hydrogen) atoms. The second-order valence-corrected chi connectivity index (χ2v) is 5.17. The molecule has 0 aliphatic heterocycles. The normalized spacial score (nSPS) is 12.2. The highest BCUT2D eigenvalue weighted by Crippen LogP contribution is 2.23. The van der Waals surface area contributed by atoms with Gasteiger partial charge in [0.15, 0.2) is 0 Å². The topological polar surface area (TPSA) is 9.23 Å². The second-order valence-electron chi connectivity index (χ2n) is 4.76. The maximum absolute atomic E-state index is 6.10. The smallest absolute Gasteiger partial charge is 0.119 e. The number of halogens is 1. The van der Waals surface area contributed by atoms with E-state index in [2.05, 4.69) is 26.0 Å². The molecule has 0 aliphatic rings. The van der Waals surface area contributed by atoms with E-state index in [-0.39, 0.29) is 0 Å². The average Bonchev–Trinajstić information content (AvgIpc) is 2.46. The first-order valence-corrected chi connectivity index (χ1v) is 7.04. The van der Waals surface area contributed by atoms with Gasteiger partial charge in [0.25, 0.3) is 0 Å². The molecule has 0 amide bonds. The number of hydrogen-bond donors (Lipinski definition) is 0. The van der Waals surface area contributed by atoms with Gasteiger partial charge in [-0.05, 0) is 36.1 Å². The predicted molar refractivity (Wildman–Crippen MR) is 80.9 cm³/mol. The lowest BCUT2D eigenvalue weighted by Crippen LogP contribution is -1.97. The molecule has 0 saturated heterocycles. The molecule has 0 N–H and O–H groups in total. The first-order valence-electron chi connectivity index (χ1n) is 6.67. The average molecular weight is 275 g/mol. The lowest BCUT2D eigenvalue weighted by atomic mass is 9.99. The fourth-order valence-corrected chi connectivity index (χ4v) is 2.10. The van der Waals surface area contributed by atoms with Gasteiger partial charge in [-0.2, -0.15) is 0 Å². The molecule has 2 aromatic rings. The predicted octanol–water partition coefficient (Wildman–Crippen LogP) is 5.43. The summed E-state index contributed by atoms with van der Waals surface area (Å²) in [5.74, 6) is 1.48. The standard InChI is InChI=1S/C17H19ClO/c1-3-13(2)14-8-10-16(11-9-14)19-12-15-6-4-5-7-17(15)18/h4-11,13H,3,12H2,1-2H3. The van der Waals surface area contributed by atoms with Crippen LogP contribution in [0.5, 0.6) is 5.75 Å². The maximum Gasteiger partial charge on any atom is 0.119 e. The van der Waals surface area contributed by atoms with Gasteiger partial charge in [-0.3, -0.25) is 0 Å². The van der Waals surface area contributed by atoms with Crippen LogP contribution in [-0.4, -0.2) is 0 Å². The Balaban J connectivity index is 1.99. The molecule has 0 aromatic heterocycles. The lowest BCUT2D eigenvalue weighted by Gasteiger charge is -2.11. The van der Waals surface area contributed by atoms with Crippen molar-refractivity contribution < 1.29 is 4.74 Å². The van der Waals surface area contributed by atoms with Gasteiger partial charge < -0.3 is 4.74 Å². The molecule has 2 heteroatoms. The Labute approximate surface area is 120 Å². The quantitative estimate of drug-likeness (QED) is 0.706.